The second-order valence-electron chi connectivity index (χ2n) is 15.4. The number of hydrogen-bond donors (Lipinski definition) is 4. The van der Waals surface area contributed by atoms with E-state index in [2.05, 4.69) is 0 Å². The molecule has 0 amide bonds. The Bertz CT molecular complexity index is 1220. The third-order valence-corrected chi connectivity index (χ3v) is 8.72. The number of phenols is 2. The molecule has 0 radical (unpaired) electrons. The minimum Gasteiger partial charge on any atom is -0.507 e. The zero-order valence-corrected chi connectivity index (χ0v) is 27.5. The number of aryl methyl sites for hydroxylation is 1. The van der Waals surface area contributed by atoms with Gasteiger partial charge < -0.3 is 20.0 Å². The molecule has 7 heteroatoms. The molecule has 1 unspecified atom stereocenters. The van der Waals surface area contributed by atoms with Gasteiger partial charge in [-0.25, -0.2) is 0 Å². The first-order valence-corrected chi connectivity index (χ1v) is 15.7. The molecular weight excluding hydrogens is 523 g/mol. The smallest absolute Gasteiger partial charge is 0.336 e. The van der Waals surface area contributed by atoms with Crippen LogP contribution < -0.4 is 0 Å². The summed E-state index contributed by atoms with van der Waals surface area (Å²) in [6.07, 6.45) is 0.146. The lowest BCUT2D eigenvalue weighted by molar-refractivity contribution is -0.118. The Labute approximate surface area is 241 Å². The highest BCUT2D eigenvalue weighted by molar-refractivity contribution is 7.53. The quantitative estimate of drug-likeness (QED) is 0.254. The highest BCUT2D eigenvalue weighted by Crippen LogP contribution is 2.46. The predicted molar refractivity (Wildman–Crippen MR) is 164 cm³/mol. The molecule has 6 nitrogen and oxygen atoms in total. The normalized spacial score (nSPS) is 14.3. The van der Waals surface area contributed by atoms with E-state index in [0.717, 1.165) is 16.7 Å². The molecule has 2 rings (SSSR count). The molecule has 2 aromatic carbocycles. The van der Waals surface area contributed by atoms with Crippen molar-refractivity contribution in [1.29, 1.82) is 0 Å². The van der Waals surface area contributed by atoms with Gasteiger partial charge in [-0.05, 0) is 67.9 Å². The maximum Gasteiger partial charge on any atom is 0.336 e. The molecule has 2 aromatic rings. The van der Waals surface area contributed by atoms with Crippen LogP contribution in [0.5, 0.6) is 11.5 Å². The van der Waals surface area contributed by atoms with E-state index in [0.29, 0.717) is 23.1 Å². The summed E-state index contributed by atoms with van der Waals surface area (Å²) in [5.74, 6) is -0.0713. The SMILES string of the molecule is CC(C)(C)c1cc(CCC(=O)C(Cc2cc(C(C)(C)C)c(O)c(C(C)(C)C)c2)P(=O)(O)O)cc(C(C)(C)C)c1O. The molecule has 224 valence electrons. The maximum atomic E-state index is 13.4. The number of carbonyl (C=O) groups excluding carboxylic acids is 1. The Morgan fingerprint density at radius 2 is 0.950 bits per heavy atom. The van der Waals surface area contributed by atoms with Crippen LogP contribution in [0.2, 0.25) is 0 Å². The molecule has 0 bridgehead atoms. The molecule has 40 heavy (non-hydrogen) atoms. The molecule has 0 aliphatic heterocycles. The number of benzene rings is 2. The van der Waals surface area contributed by atoms with Crippen molar-refractivity contribution in [2.75, 3.05) is 0 Å². The van der Waals surface area contributed by atoms with Crippen LogP contribution in [-0.4, -0.2) is 31.4 Å². The van der Waals surface area contributed by atoms with Crippen molar-refractivity contribution in [2.45, 2.75) is 130 Å². The number of carbonyl (C=O) groups is 1. The molecule has 1 atom stereocenters. The van der Waals surface area contributed by atoms with Crippen molar-refractivity contribution in [2.24, 2.45) is 0 Å². The number of ketones is 1. The van der Waals surface area contributed by atoms with E-state index in [9.17, 15) is 29.4 Å². The van der Waals surface area contributed by atoms with Crippen LogP contribution in [0.25, 0.3) is 0 Å². The third-order valence-electron chi connectivity index (χ3n) is 7.44. The van der Waals surface area contributed by atoms with Crippen LogP contribution in [-0.2, 0) is 43.9 Å². The molecule has 0 spiro atoms. The Morgan fingerprint density at radius 3 is 1.23 bits per heavy atom. The molecule has 0 aliphatic carbocycles. The van der Waals surface area contributed by atoms with Crippen LogP contribution in [0.1, 0.15) is 123 Å². The van der Waals surface area contributed by atoms with Crippen molar-refractivity contribution >= 4 is 13.4 Å². The summed E-state index contributed by atoms with van der Waals surface area (Å²) in [6.45, 7) is 23.9. The van der Waals surface area contributed by atoms with Crippen LogP contribution >= 0.6 is 7.60 Å². The Kier molecular flexibility index (Phi) is 9.60. The van der Waals surface area contributed by atoms with Crippen molar-refractivity contribution in [3.05, 3.63) is 57.6 Å². The van der Waals surface area contributed by atoms with Gasteiger partial charge in [-0.1, -0.05) is 107 Å². The van der Waals surface area contributed by atoms with Crippen molar-refractivity contribution in [3.63, 3.8) is 0 Å². The highest BCUT2D eigenvalue weighted by Gasteiger charge is 2.36. The van der Waals surface area contributed by atoms with Gasteiger partial charge in [0, 0.05) is 6.42 Å². The van der Waals surface area contributed by atoms with Gasteiger partial charge in [0.2, 0.25) is 0 Å². The van der Waals surface area contributed by atoms with Gasteiger partial charge >= 0.3 is 7.60 Å². The number of rotatable bonds is 7. The molecule has 0 aromatic heterocycles. The van der Waals surface area contributed by atoms with Crippen molar-refractivity contribution in [1.82, 2.24) is 0 Å². The van der Waals surface area contributed by atoms with Crippen LogP contribution in [0.15, 0.2) is 24.3 Å². The van der Waals surface area contributed by atoms with Gasteiger partial charge in [0.15, 0.2) is 0 Å². The van der Waals surface area contributed by atoms with Crippen LogP contribution in [0.3, 0.4) is 0 Å². The zero-order chi connectivity index (χ0) is 31.2. The number of Topliss-reactive ketones (excluding diaryl/α,β-unsaturated/α-hetero) is 1. The van der Waals surface area contributed by atoms with Gasteiger partial charge in [0.05, 0.1) is 0 Å². The monoisotopic (exact) mass is 574 g/mol. The summed E-state index contributed by atoms with van der Waals surface area (Å²) in [5, 5.41) is 22.1. The Hall–Kier alpha value is -2.14. The third kappa shape index (κ3) is 8.21. The molecule has 0 aliphatic rings. The molecule has 4 N–H and O–H groups in total. The second-order valence-corrected chi connectivity index (χ2v) is 17.2. The van der Waals surface area contributed by atoms with Crippen LogP contribution in [0, 0.1) is 0 Å². The van der Waals surface area contributed by atoms with E-state index in [1.54, 1.807) is 12.1 Å². The fraction of sp³-hybridized carbons (Fsp3) is 0.606. The lowest BCUT2D eigenvalue weighted by Crippen LogP contribution is -2.25. The first-order chi connectivity index (χ1) is 17.7. The van der Waals surface area contributed by atoms with E-state index in [4.69, 9.17) is 0 Å². The number of aromatic hydroxyl groups is 2. The molecule has 0 saturated heterocycles. The van der Waals surface area contributed by atoms with E-state index in [1.165, 1.54) is 0 Å². The van der Waals surface area contributed by atoms with Crippen LogP contribution in [0.4, 0.5) is 0 Å². The summed E-state index contributed by atoms with van der Waals surface area (Å²) in [7, 11) is -4.77. The van der Waals surface area contributed by atoms with Gasteiger partial charge in [-0.15, -0.1) is 0 Å². The summed E-state index contributed by atoms with van der Waals surface area (Å²) < 4.78 is 12.6. The van der Waals surface area contributed by atoms with Gasteiger partial charge in [0.25, 0.3) is 0 Å². The summed E-state index contributed by atoms with van der Waals surface area (Å²) in [6, 6.07) is 7.34. The van der Waals surface area contributed by atoms with Gasteiger partial charge in [0.1, 0.15) is 22.9 Å². The van der Waals surface area contributed by atoms with E-state index < -0.39 is 29.9 Å². The topological polar surface area (TPSA) is 115 Å². The summed E-state index contributed by atoms with van der Waals surface area (Å²) >= 11 is 0. The summed E-state index contributed by atoms with van der Waals surface area (Å²) in [4.78, 5) is 34.0. The van der Waals surface area contributed by atoms with E-state index in [-0.39, 0.29) is 35.2 Å². The van der Waals surface area contributed by atoms with E-state index >= 15 is 0 Å². The van der Waals surface area contributed by atoms with Crippen molar-refractivity contribution < 1.29 is 29.4 Å². The zero-order valence-electron chi connectivity index (χ0n) is 26.6. The van der Waals surface area contributed by atoms with E-state index in [1.807, 2.05) is 95.2 Å². The van der Waals surface area contributed by atoms with Crippen molar-refractivity contribution in [3.8, 4) is 11.5 Å². The predicted octanol–water partition coefficient (Wildman–Crippen LogP) is 7.58. The largest absolute Gasteiger partial charge is 0.507 e. The maximum absolute atomic E-state index is 13.4. The molecule has 0 saturated carbocycles. The Balaban J connectivity index is 2.49. The lowest BCUT2D eigenvalue weighted by Gasteiger charge is -2.29. The highest BCUT2D eigenvalue weighted by atomic mass is 31.2. The standard InChI is InChI=1S/C33H51O6P/c1-30(2,3)22-15-20(16-23(28(22)35)31(4,5)6)13-14-26(34)27(40(37,38)39)19-21-17-24(32(7,8)9)29(36)25(18-21)33(10,11)12/h15-18,27,35-36H,13-14,19H2,1-12H3,(H2,37,38,39). The first-order valence-electron chi connectivity index (χ1n) is 14.1. The number of phenolic OH excluding ortho intramolecular Hbond substituents is 2. The molecule has 0 fully saturated rings. The lowest BCUT2D eigenvalue weighted by atomic mass is 9.77. The average molecular weight is 575 g/mol. The van der Waals surface area contributed by atoms with Gasteiger partial charge in [-0.3, -0.25) is 9.36 Å². The molecule has 0 heterocycles. The minimum atomic E-state index is -4.77. The Morgan fingerprint density at radius 1 is 0.650 bits per heavy atom. The second kappa shape index (κ2) is 11.3. The summed E-state index contributed by atoms with van der Waals surface area (Å²) in [5.41, 5.74) is 1.43. The average Bonchev–Trinajstić information content (AvgIpc) is 2.73. The van der Waals surface area contributed by atoms with Gasteiger partial charge in [-0.2, -0.15) is 0 Å². The molecular formula is C33H51O6P. The fourth-order valence-electron chi connectivity index (χ4n) is 5.02. The minimum absolute atomic E-state index is 0.0376. The first kappa shape index (κ1) is 34.1. The fourth-order valence-corrected chi connectivity index (χ4v) is 5.97. The number of hydrogen-bond acceptors (Lipinski definition) is 4.